The van der Waals surface area contributed by atoms with E-state index in [-0.39, 0.29) is 17.9 Å². The second-order valence-electron chi connectivity index (χ2n) is 4.95. The van der Waals surface area contributed by atoms with Crippen molar-refractivity contribution >= 4 is 23.6 Å². The molecule has 2 amide bonds. The van der Waals surface area contributed by atoms with Gasteiger partial charge in [-0.05, 0) is 24.3 Å². The van der Waals surface area contributed by atoms with Crippen LogP contribution in [0.3, 0.4) is 0 Å². The lowest BCUT2D eigenvalue weighted by Gasteiger charge is -2.22. The zero-order valence-electron chi connectivity index (χ0n) is 11.9. The first kappa shape index (κ1) is 14.6. The minimum atomic E-state index is -0.322. The Labute approximate surface area is 133 Å². The molecule has 22 heavy (non-hydrogen) atoms. The van der Waals surface area contributed by atoms with E-state index >= 15 is 0 Å². The maximum Gasteiger partial charge on any atom is 0.262 e. The Bertz CT molecular complexity index is 692. The van der Waals surface area contributed by atoms with Gasteiger partial charge in [-0.25, -0.2) is 0 Å². The standard InChI is InChI=1S/C18H15NO2S/c1-2-13(12-22-14-8-4-3-5-9-14)19-17(20)15-10-6-7-11-16(15)18(19)21/h2-11,13H,1,12H2/t13-/m1/s1. The molecule has 1 heterocycles. The van der Waals surface area contributed by atoms with Crippen molar-refractivity contribution in [1.82, 2.24) is 4.90 Å². The summed E-state index contributed by atoms with van der Waals surface area (Å²) >= 11 is 1.61. The molecule has 3 nitrogen and oxygen atoms in total. The van der Waals surface area contributed by atoms with Gasteiger partial charge < -0.3 is 0 Å². The maximum absolute atomic E-state index is 12.5. The average Bonchev–Trinajstić information content (AvgIpc) is 2.82. The van der Waals surface area contributed by atoms with E-state index in [0.717, 1.165) is 4.90 Å². The van der Waals surface area contributed by atoms with Crippen molar-refractivity contribution < 1.29 is 9.59 Å². The van der Waals surface area contributed by atoms with Gasteiger partial charge in [0, 0.05) is 10.6 Å². The summed E-state index contributed by atoms with van der Waals surface area (Å²) in [6, 6.07) is 16.5. The molecule has 1 atom stereocenters. The molecule has 0 unspecified atom stereocenters. The second-order valence-corrected chi connectivity index (χ2v) is 6.05. The number of benzene rings is 2. The average molecular weight is 309 g/mol. The zero-order valence-corrected chi connectivity index (χ0v) is 12.8. The number of hydrogen-bond donors (Lipinski definition) is 0. The highest BCUT2D eigenvalue weighted by Gasteiger charge is 2.38. The highest BCUT2D eigenvalue weighted by atomic mass is 32.2. The van der Waals surface area contributed by atoms with E-state index in [1.54, 1.807) is 42.1 Å². The predicted molar refractivity (Wildman–Crippen MR) is 88.1 cm³/mol. The number of fused-ring (bicyclic) bond motifs is 1. The van der Waals surface area contributed by atoms with Crippen molar-refractivity contribution in [3.63, 3.8) is 0 Å². The number of rotatable bonds is 5. The number of amides is 2. The molecule has 2 aromatic carbocycles. The number of carbonyl (C=O) groups is 2. The minimum absolute atomic E-state index is 0.237. The first-order valence-electron chi connectivity index (χ1n) is 6.99. The van der Waals surface area contributed by atoms with Crippen LogP contribution in [0.5, 0.6) is 0 Å². The van der Waals surface area contributed by atoms with Crippen LogP contribution in [-0.4, -0.2) is 28.5 Å². The van der Waals surface area contributed by atoms with Gasteiger partial charge in [0.1, 0.15) is 0 Å². The Morgan fingerprint density at radius 1 is 0.955 bits per heavy atom. The van der Waals surface area contributed by atoms with E-state index in [2.05, 4.69) is 6.58 Å². The number of imide groups is 1. The Morgan fingerprint density at radius 3 is 2.05 bits per heavy atom. The smallest absolute Gasteiger partial charge is 0.262 e. The van der Waals surface area contributed by atoms with Gasteiger partial charge in [-0.2, -0.15) is 0 Å². The normalized spacial score (nSPS) is 14.8. The molecule has 0 radical (unpaired) electrons. The van der Waals surface area contributed by atoms with Crippen LogP contribution < -0.4 is 0 Å². The van der Waals surface area contributed by atoms with Gasteiger partial charge in [0.15, 0.2) is 0 Å². The molecule has 0 spiro atoms. The third-order valence-corrected chi connectivity index (χ3v) is 4.71. The molecule has 4 heteroatoms. The Kier molecular flexibility index (Phi) is 4.11. The monoisotopic (exact) mass is 309 g/mol. The molecule has 110 valence electrons. The van der Waals surface area contributed by atoms with E-state index < -0.39 is 0 Å². The Morgan fingerprint density at radius 2 is 1.50 bits per heavy atom. The third-order valence-electron chi connectivity index (χ3n) is 3.59. The van der Waals surface area contributed by atoms with Crippen molar-refractivity contribution in [3.8, 4) is 0 Å². The van der Waals surface area contributed by atoms with Crippen molar-refractivity contribution in [3.05, 3.63) is 78.4 Å². The van der Waals surface area contributed by atoms with Crippen molar-refractivity contribution in [1.29, 1.82) is 0 Å². The summed E-state index contributed by atoms with van der Waals surface area (Å²) in [6.45, 7) is 3.79. The summed E-state index contributed by atoms with van der Waals surface area (Å²) in [4.78, 5) is 27.3. The van der Waals surface area contributed by atoms with E-state index in [1.165, 1.54) is 4.90 Å². The molecule has 0 aromatic heterocycles. The molecule has 0 saturated carbocycles. The molecule has 1 aliphatic heterocycles. The second kappa shape index (κ2) is 6.20. The highest BCUT2D eigenvalue weighted by Crippen LogP contribution is 2.27. The van der Waals surface area contributed by atoms with Crippen LogP contribution in [0.25, 0.3) is 0 Å². The molecule has 0 fully saturated rings. The molecule has 0 bridgehead atoms. The lowest BCUT2D eigenvalue weighted by Crippen LogP contribution is -2.40. The topological polar surface area (TPSA) is 37.4 Å². The number of nitrogens with zero attached hydrogens (tertiary/aromatic N) is 1. The molecular formula is C18H15NO2S. The van der Waals surface area contributed by atoms with Gasteiger partial charge in [-0.3, -0.25) is 14.5 Å². The van der Waals surface area contributed by atoms with Crippen molar-refractivity contribution in [2.24, 2.45) is 0 Å². The Hall–Kier alpha value is -2.33. The highest BCUT2D eigenvalue weighted by molar-refractivity contribution is 7.99. The van der Waals surface area contributed by atoms with E-state index in [1.807, 2.05) is 30.3 Å². The summed E-state index contributed by atoms with van der Waals surface area (Å²) in [7, 11) is 0. The SMILES string of the molecule is C=C[C@H](CSc1ccccc1)N1C(=O)c2ccccc2C1=O. The van der Waals surface area contributed by atoms with E-state index in [4.69, 9.17) is 0 Å². The van der Waals surface area contributed by atoms with Gasteiger partial charge in [0.25, 0.3) is 11.8 Å². The number of carbonyl (C=O) groups excluding carboxylic acids is 2. The van der Waals surface area contributed by atoms with Crippen LogP contribution in [-0.2, 0) is 0 Å². The lowest BCUT2D eigenvalue weighted by molar-refractivity contribution is 0.0628. The van der Waals surface area contributed by atoms with Gasteiger partial charge in [-0.15, -0.1) is 18.3 Å². The maximum atomic E-state index is 12.5. The van der Waals surface area contributed by atoms with E-state index in [9.17, 15) is 9.59 Å². The largest absolute Gasteiger partial charge is 0.269 e. The van der Waals surface area contributed by atoms with Gasteiger partial charge in [0.2, 0.25) is 0 Å². The van der Waals surface area contributed by atoms with Crippen LogP contribution in [0.15, 0.2) is 72.1 Å². The summed E-state index contributed by atoms with van der Waals surface area (Å²) in [5, 5.41) is 0. The molecule has 1 aliphatic rings. The van der Waals surface area contributed by atoms with Crippen molar-refractivity contribution in [2.45, 2.75) is 10.9 Å². The number of thioether (sulfide) groups is 1. The van der Waals surface area contributed by atoms with Gasteiger partial charge in [-0.1, -0.05) is 36.4 Å². The summed E-state index contributed by atoms with van der Waals surface area (Å²) in [6.07, 6.45) is 1.66. The number of hydrogen-bond acceptors (Lipinski definition) is 3. The van der Waals surface area contributed by atoms with Crippen LogP contribution in [0.1, 0.15) is 20.7 Å². The summed E-state index contributed by atoms with van der Waals surface area (Å²) in [5.74, 6) is 0.122. The van der Waals surface area contributed by atoms with Gasteiger partial charge >= 0.3 is 0 Å². The van der Waals surface area contributed by atoms with Crippen molar-refractivity contribution in [2.75, 3.05) is 5.75 Å². The fraction of sp³-hybridized carbons (Fsp3) is 0.111. The lowest BCUT2D eigenvalue weighted by atomic mass is 10.1. The van der Waals surface area contributed by atoms with Crippen LogP contribution in [0.4, 0.5) is 0 Å². The first-order chi connectivity index (χ1) is 10.7. The van der Waals surface area contributed by atoms with Crippen LogP contribution in [0, 0.1) is 0 Å². The molecule has 2 aromatic rings. The third kappa shape index (κ3) is 2.57. The summed E-state index contributed by atoms with van der Waals surface area (Å²) in [5.41, 5.74) is 0.952. The fourth-order valence-electron chi connectivity index (χ4n) is 2.46. The van der Waals surface area contributed by atoms with Crippen LogP contribution >= 0.6 is 11.8 Å². The molecule has 3 rings (SSSR count). The molecule has 0 N–H and O–H groups in total. The van der Waals surface area contributed by atoms with Crippen LogP contribution in [0.2, 0.25) is 0 Å². The fourth-order valence-corrected chi connectivity index (χ4v) is 3.45. The quantitative estimate of drug-likeness (QED) is 0.481. The molecular weight excluding hydrogens is 294 g/mol. The Balaban J connectivity index is 1.79. The molecule has 0 saturated heterocycles. The molecule has 0 aliphatic carbocycles. The first-order valence-corrected chi connectivity index (χ1v) is 7.98. The minimum Gasteiger partial charge on any atom is -0.269 e. The predicted octanol–water partition coefficient (Wildman–Crippen LogP) is 3.63. The van der Waals surface area contributed by atoms with E-state index in [0.29, 0.717) is 16.9 Å². The zero-order chi connectivity index (χ0) is 15.5. The summed E-state index contributed by atoms with van der Waals surface area (Å²) < 4.78 is 0. The van der Waals surface area contributed by atoms with Gasteiger partial charge in [0.05, 0.1) is 17.2 Å².